The normalized spacial score (nSPS) is 26.5. The molecule has 2 rings (SSSR count). The molecular weight excluding hydrogens is 190 g/mol. The van der Waals surface area contributed by atoms with E-state index >= 15 is 0 Å². The van der Waals surface area contributed by atoms with Crippen LogP contribution in [0.1, 0.15) is 31.4 Å². The van der Waals surface area contributed by atoms with Gasteiger partial charge in [0.1, 0.15) is 0 Å². The fraction of sp³-hybridized carbons (Fsp3) is 0.636. The molecule has 0 aliphatic heterocycles. The van der Waals surface area contributed by atoms with Crippen LogP contribution in [0.4, 0.5) is 0 Å². The highest BCUT2D eigenvalue weighted by Crippen LogP contribution is 2.18. The highest BCUT2D eigenvalue weighted by Gasteiger charge is 2.19. The smallest absolute Gasteiger partial charge is 0.0724 e. The van der Waals surface area contributed by atoms with E-state index in [1.54, 1.807) is 18.6 Å². The van der Waals surface area contributed by atoms with E-state index in [0.29, 0.717) is 6.04 Å². The lowest BCUT2D eigenvalue weighted by Gasteiger charge is -2.26. The molecule has 1 aliphatic rings. The third-order valence-corrected chi connectivity index (χ3v) is 2.84. The van der Waals surface area contributed by atoms with Crippen LogP contribution in [0, 0.1) is 0 Å². The van der Waals surface area contributed by atoms with Gasteiger partial charge in [0.25, 0.3) is 0 Å². The Labute approximate surface area is 89.8 Å². The number of nitrogens with zero attached hydrogens (tertiary/aromatic N) is 2. The monoisotopic (exact) mass is 207 g/mol. The van der Waals surface area contributed by atoms with Crippen molar-refractivity contribution in [3.63, 3.8) is 0 Å². The van der Waals surface area contributed by atoms with Gasteiger partial charge >= 0.3 is 0 Å². The molecule has 4 heteroatoms. The Bertz CT molecular complexity index is 291. The minimum absolute atomic E-state index is 0.127. The first-order valence-corrected chi connectivity index (χ1v) is 5.51. The molecule has 0 spiro atoms. The van der Waals surface area contributed by atoms with Crippen LogP contribution >= 0.6 is 0 Å². The maximum Gasteiger partial charge on any atom is 0.0724 e. The van der Waals surface area contributed by atoms with Crippen LogP contribution in [0.25, 0.3) is 0 Å². The quantitative estimate of drug-likeness (QED) is 0.772. The van der Waals surface area contributed by atoms with Crippen LogP contribution < -0.4 is 5.32 Å². The maximum atomic E-state index is 9.51. The summed E-state index contributed by atoms with van der Waals surface area (Å²) in [7, 11) is 0. The molecule has 0 amide bonds. The molecule has 0 saturated heterocycles. The SMILES string of the molecule is OC1CCCC(NCc2cnccn2)C1. The summed E-state index contributed by atoms with van der Waals surface area (Å²) < 4.78 is 0. The van der Waals surface area contributed by atoms with E-state index in [1.807, 2.05) is 0 Å². The zero-order chi connectivity index (χ0) is 10.5. The van der Waals surface area contributed by atoms with Gasteiger partial charge in [0, 0.05) is 31.2 Å². The van der Waals surface area contributed by atoms with Crippen molar-refractivity contribution in [2.45, 2.75) is 44.4 Å². The Morgan fingerprint density at radius 2 is 2.33 bits per heavy atom. The van der Waals surface area contributed by atoms with Gasteiger partial charge in [0.2, 0.25) is 0 Å². The lowest BCUT2D eigenvalue weighted by atomic mass is 9.93. The summed E-state index contributed by atoms with van der Waals surface area (Å²) in [5, 5.41) is 12.9. The summed E-state index contributed by atoms with van der Waals surface area (Å²) in [6.45, 7) is 0.741. The van der Waals surface area contributed by atoms with Gasteiger partial charge in [-0.1, -0.05) is 0 Å². The predicted molar refractivity (Wildman–Crippen MR) is 57.1 cm³/mol. The number of rotatable bonds is 3. The van der Waals surface area contributed by atoms with Gasteiger partial charge in [0.15, 0.2) is 0 Å². The Balaban J connectivity index is 1.78. The Morgan fingerprint density at radius 3 is 3.07 bits per heavy atom. The zero-order valence-corrected chi connectivity index (χ0v) is 8.76. The molecule has 1 aromatic heterocycles. The van der Waals surface area contributed by atoms with E-state index in [9.17, 15) is 5.11 Å². The molecule has 1 fully saturated rings. The van der Waals surface area contributed by atoms with Gasteiger partial charge in [0.05, 0.1) is 11.8 Å². The first-order chi connectivity index (χ1) is 7.34. The predicted octanol–water partition coefficient (Wildman–Crippen LogP) is 0.870. The third-order valence-electron chi connectivity index (χ3n) is 2.84. The van der Waals surface area contributed by atoms with Crippen molar-refractivity contribution in [1.29, 1.82) is 0 Å². The molecule has 1 heterocycles. The topological polar surface area (TPSA) is 58.0 Å². The highest BCUT2D eigenvalue weighted by atomic mass is 16.3. The molecule has 2 unspecified atom stereocenters. The van der Waals surface area contributed by atoms with E-state index in [1.165, 1.54) is 0 Å². The van der Waals surface area contributed by atoms with Gasteiger partial charge in [-0.25, -0.2) is 0 Å². The second kappa shape index (κ2) is 5.19. The summed E-state index contributed by atoms with van der Waals surface area (Å²) >= 11 is 0. The maximum absolute atomic E-state index is 9.51. The second-order valence-corrected chi connectivity index (χ2v) is 4.10. The molecule has 0 aromatic carbocycles. The highest BCUT2D eigenvalue weighted by molar-refractivity contribution is 4.94. The fourth-order valence-corrected chi connectivity index (χ4v) is 2.02. The Kier molecular flexibility index (Phi) is 3.64. The van der Waals surface area contributed by atoms with Crippen LogP contribution in [0.3, 0.4) is 0 Å². The first-order valence-electron chi connectivity index (χ1n) is 5.51. The summed E-state index contributed by atoms with van der Waals surface area (Å²) in [4.78, 5) is 8.21. The molecule has 15 heavy (non-hydrogen) atoms. The van der Waals surface area contributed by atoms with E-state index in [-0.39, 0.29) is 6.10 Å². The number of aliphatic hydroxyl groups excluding tert-OH is 1. The standard InChI is InChI=1S/C11H17N3O/c15-11-3-1-2-9(6-11)14-8-10-7-12-4-5-13-10/h4-5,7,9,11,14-15H,1-3,6,8H2. The summed E-state index contributed by atoms with van der Waals surface area (Å²) in [5.74, 6) is 0. The van der Waals surface area contributed by atoms with Crippen LogP contribution in [-0.2, 0) is 6.54 Å². The molecule has 82 valence electrons. The molecular formula is C11H17N3O. The lowest BCUT2D eigenvalue weighted by Crippen LogP contribution is -2.35. The third kappa shape index (κ3) is 3.25. The van der Waals surface area contributed by atoms with Gasteiger partial charge in [-0.15, -0.1) is 0 Å². The fourth-order valence-electron chi connectivity index (χ4n) is 2.02. The van der Waals surface area contributed by atoms with E-state index < -0.39 is 0 Å². The molecule has 0 bridgehead atoms. The molecule has 1 aliphatic carbocycles. The minimum atomic E-state index is -0.127. The van der Waals surface area contributed by atoms with Crippen LogP contribution in [0.15, 0.2) is 18.6 Å². The molecule has 2 N–H and O–H groups in total. The van der Waals surface area contributed by atoms with Crippen LogP contribution in [0.5, 0.6) is 0 Å². The summed E-state index contributed by atoms with van der Waals surface area (Å²) in [6, 6.07) is 0.427. The Hall–Kier alpha value is -1.00. The second-order valence-electron chi connectivity index (χ2n) is 4.10. The summed E-state index contributed by atoms with van der Waals surface area (Å²) in [5.41, 5.74) is 0.956. The summed E-state index contributed by atoms with van der Waals surface area (Å²) in [6.07, 6.45) is 9.09. The van der Waals surface area contributed by atoms with Gasteiger partial charge in [-0.3, -0.25) is 9.97 Å². The number of aromatic nitrogens is 2. The van der Waals surface area contributed by atoms with Crippen molar-refractivity contribution in [1.82, 2.24) is 15.3 Å². The molecule has 4 nitrogen and oxygen atoms in total. The minimum Gasteiger partial charge on any atom is -0.393 e. The van der Waals surface area contributed by atoms with Crippen LogP contribution in [0.2, 0.25) is 0 Å². The van der Waals surface area contributed by atoms with Gasteiger partial charge < -0.3 is 10.4 Å². The number of aliphatic hydroxyl groups is 1. The number of hydrogen-bond donors (Lipinski definition) is 2. The molecule has 1 saturated carbocycles. The largest absolute Gasteiger partial charge is 0.393 e. The van der Waals surface area contributed by atoms with Crippen molar-refractivity contribution in [2.75, 3.05) is 0 Å². The molecule has 2 atom stereocenters. The number of nitrogens with one attached hydrogen (secondary N) is 1. The van der Waals surface area contributed by atoms with Crippen molar-refractivity contribution in [3.05, 3.63) is 24.3 Å². The zero-order valence-electron chi connectivity index (χ0n) is 8.76. The average Bonchev–Trinajstić information content (AvgIpc) is 2.28. The lowest BCUT2D eigenvalue weighted by molar-refractivity contribution is 0.111. The van der Waals surface area contributed by atoms with Crippen molar-refractivity contribution < 1.29 is 5.11 Å². The van der Waals surface area contributed by atoms with E-state index in [4.69, 9.17) is 0 Å². The van der Waals surface area contributed by atoms with Gasteiger partial charge in [-0.05, 0) is 25.7 Å². The first kappa shape index (κ1) is 10.5. The van der Waals surface area contributed by atoms with Crippen LogP contribution in [-0.4, -0.2) is 27.2 Å². The van der Waals surface area contributed by atoms with Gasteiger partial charge in [-0.2, -0.15) is 0 Å². The van der Waals surface area contributed by atoms with Crippen molar-refractivity contribution >= 4 is 0 Å². The molecule has 0 radical (unpaired) electrons. The Morgan fingerprint density at radius 1 is 1.40 bits per heavy atom. The molecule has 1 aromatic rings. The average molecular weight is 207 g/mol. The van der Waals surface area contributed by atoms with E-state index in [2.05, 4.69) is 15.3 Å². The van der Waals surface area contributed by atoms with E-state index in [0.717, 1.165) is 37.9 Å². The van der Waals surface area contributed by atoms with Crippen molar-refractivity contribution in [3.8, 4) is 0 Å². The van der Waals surface area contributed by atoms with Crippen molar-refractivity contribution in [2.24, 2.45) is 0 Å². The number of hydrogen-bond acceptors (Lipinski definition) is 4.